The first kappa shape index (κ1) is 16.0. The summed E-state index contributed by atoms with van der Waals surface area (Å²) in [5.74, 6) is -0.241. The molecule has 0 aliphatic rings. The van der Waals surface area contributed by atoms with Gasteiger partial charge in [0.05, 0.1) is 11.4 Å². The predicted octanol–water partition coefficient (Wildman–Crippen LogP) is 3.32. The number of nitrogens with one attached hydrogen (secondary N) is 2. The fourth-order valence-electron chi connectivity index (χ4n) is 2.23. The van der Waals surface area contributed by atoms with E-state index in [-0.39, 0.29) is 11.0 Å². The number of benzene rings is 2. The first-order valence-corrected chi connectivity index (χ1v) is 7.33. The smallest absolute Gasteiger partial charge is 0.257 e. The fourth-order valence-corrected chi connectivity index (χ4v) is 2.43. The molecule has 1 amide bonds. The minimum Gasteiger partial charge on any atom is -0.397 e. The highest BCUT2D eigenvalue weighted by atomic mass is 32.1. The molecule has 22 heavy (non-hydrogen) atoms. The highest BCUT2D eigenvalue weighted by Gasteiger charge is 2.10. The molecule has 0 saturated carbocycles. The molecule has 0 heterocycles. The van der Waals surface area contributed by atoms with Gasteiger partial charge in [0.15, 0.2) is 5.11 Å². The van der Waals surface area contributed by atoms with Crippen molar-refractivity contribution in [1.29, 1.82) is 0 Å². The summed E-state index contributed by atoms with van der Waals surface area (Å²) in [5.41, 5.74) is 10.9. The van der Waals surface area contributed by atoms with Crippen LogP contribution in [0.1, 0.15) is 27.0 Å². The Labute approximate surface area is 135 Å². The van der Waals surface area contributed by atoms with Gasteiger partial charge in [0.25, 0.3) is 5.91 Å². The number of rotatable bonds is 2. The molecule has 4 N–H and O–H groups in total. The van der Waals surface area contributed by atoms with Crippen molar-refractivity contribution >= 4 is 34.6 Å². The highest BCUT2D eigenvalue weighted by molar-refractivity contribution is 7.80. The summed E-state index contributed by atoms with van der Waals surface area (Å²) < 4.78 is 0. The van der Waals surface area contributed by atoms with Crippen LogP contribution in [0.3, 0.4) is 0 Å². The first-order valence-electron chi connectivity index (χ1n) is 6.92. The number of aryl methyl sites for hydroxylation is 3. The third kappa shape index (κ3) is 4.05. The van der Waals surface area contributed by atoms with Crippen LogP contribution in [0, 0.1) is 20.8 Å². The van der Waals surface area contributed by atoms with Crippen LogP contribution in [-0.2, 0) is 0 Å². The van der Waals surface area contributed by atoms with Gasteiger partial charge in [-0.1, -0.05) is 23.3 Å². The van der Waals surface area contributed by atoms with E-state index < -0.39 is 0 Å². The molecule has 0 aliphatic carbocycles. The van der Waals surface area contributed by atoms with Gasteiger partial charge in [0.2, 0.25) is 0 Å². The topological polar surface area (TPSA) is 67.2 Å². The molecule has 0 aromatic heterocycles. The lowest BCUT2D eigenvalue weighted by Crippen LogP contribution is -2.34. The first-order chi connectivity index (χ1) is 10.3. The fraction of sp³-hybridized carbons (Fsp3) is 0.176. The minimum absolute atomic E-state index is 0.222. The minimum atomic E-state index is -0.241. The second-order valence-corrected chi connectivity index (χ2v) is 5.78. The molecule has 0 bridgehead atoms. The molecule has 0 spiro atoms. The zero-order valence-electron chi connectivity index (χ0n) is 12.9. The third-order valence-electron chi connectivity index (χ3n) is 3.17. The van der Waals surface area contributed by atoms with Crippen LogP contribution in [0.2, 0.25) is 0 Å². The molecule has 0 radical (unpaired) electrons. The van der Waals surface area contributed by atoms with Crippen molar-refractivity contribution < 1.29 is 4.79 Å². The van der Waals surface area contributed by atoms with E-state index in [1.165, 1.54) is 0 Å². The predicted molar refractivity (Wildman–Crippen MR) is 95.2 cm³/mol. The largest absolute Gasteiger partial charge is 0.397 e. The van der Waals surface area contributed by atoms with Gasteiger partial charge in [-0.15, -0.1) is 0 Å². The van der Waals surface area contributed by atoms with Gasteiger partial charge in [-0.25, -0.2) is 0 Å². The van der Waals surface area contributed by atoms with Crippen LogP contribution in [0.15, 0.2) is 36.4 Å². The SMILES string of the molecule is Cc1cc(C)cc(C(=O)NC(=S)Nc2ccc(C)cc2N)c1. The van der Waals surface area contributed by atoms with E-state index in [0.29, 0.717) is 16.9 Å². The maximum absolute atomic E-state index is 12.2. The Balaban J connectivity index is 2.06. The Hall–Kier alpha value is -2.40. The van der Waals surface area contributed by atoms with Crippen LogP contribution < -0.4 is 16.4 Å². The molecule has 4 nitrogen and oxygen atoms in total. The number of nitrogens with two attached hydrogens (primary N) is 1. The average Bonchev–Trinajstić information content (AvgIpc) is 2.40. The van der Waals surface area contributed by atoms with Gasteiger partial charge in [-0.3, -0.25) is 10.1 Å². The number of carbonyl (C=O) groups is 1. The summed E-state index contributed by atoms with van der Waals surface area (Å²) in [6, 6.07) is 11.3. The van der Waals surface area contributed by atoms with E-state index >= 15 is 0 Å². The van der Waals surface area contributed by atoms with Crippen LogP contribution in [0.25, 0.3) is 0 Å². The molecule has 0 atom stereocenters. The maximum Gasteiger partial charge on any atom is 0.257 e. The van der Waals surface area contributed by atoms with E-state index in [1.807, 2.05) is 57.2 Å². The monoisotopic (exact) mass is 313 g/mol. The Kier molecular flexibility index (Phi) is 4.78. The summed E-state index contributed by atoms with van der Waals surface area (Å²) in [7, 11) is 0. The number of carbonyl (C=O) groups excluding carboxylic acids is 1. The zero-order chi connectivity index (χ0) is 16.3. The number of nitrogen functional groups attached to an aromatic ring is 1. The number of anilines is 2. The quantitative estimate of drug-likeness (QED) is 0.588. The normalized spacial score (nSPS) is 10.1. The van der Waals surface area contributed by atoms with Crippen LogP contribution in [0.5, 0.6) is 0 Å². The van der Waals surface area contributed by atoms with Crippen molar-refractivity contribution in [3.63, 3.8) is 0 Å². The number of thiocarbonyl (C=S) groups is 1. The maximum atomic E-state index is 12.2. The molecule has 0 fully saturated rings. The molecule has 0 saturated heterocycles. The van der Waals surface area contributed by atoms with Gasteiger partial charge in [-0.05, 0) is 62.8 Å². The summed E-state index contributed by atoms with van der Waals surface area (Å²) in [5, 5.41) is 5.83. The molecule has 114 valence electrons. The van der Waals surface area contributed by atoms with E-state index in [1.54, 1.807) is 0 Å². The Morgan fingerprint density at radius 1 is 1.00 bits per heavy atom. The summed E-state index contributed by atoms with van der Waals surface area (Å²) in [6.45, 7) is 5.86. The van der Waals surface area contributed by atoms with E-state index in [9.17, 15) is 4.79 Å². The zero-order valence-corrected chi connectivity index (χ0v) is 13.7. The molecule has 0 unspecified atom stereocenters. The van der Waals surface area contributed by atoms with Crippen LogP contribution in [0.4, 0.5) is 11.4 Å². The van der Waals surface area contributed by atoms with Gasteiger partial charge >= 0.3 is 0 Å². The third-order valence-corrected chi connectivity index (χ3v) is 3.37. The summed E-state index contributed by atoms with van der Waals surface area (Å²) in [4.78, 5) is 12.2. The molecule has 5 heteroatoms. The van der Waals surface area contributed by atoms with Crippen molar-refractivity contribution in [3.05, 3.63) is 58.7 Å². The lowest BCUT2D eigenvalue weighted by molar-refractivity contribution is 0.0977. The summed E-state index contributed by atoms with van der Waals surface area (Å²) >= 11 is 5.17. The number of amides is 1. The van der Waals surface area contributed by atoms with Gasteiger partial charge in [0, 0.05) is 5.56 Å². The lowest BCUT2D eigenvalue weighted by atomic mass is 10.1. The van der Waals surface area contributed by atoms with Gasteiger partial charge in [-0.2, -0.15) is 0 Å². The van der Waals surface area contributed by atoms with E-state index in [2.05, 4.69) is 10.6 Å². The van der Waals surface area contributed by atoms with Crippen LogP contribution in [-0.4, -0.2) is 11.0 Å². The van der Waals surface area contributed by atoms with Crippen molar-refractivity contribution in [2.45, 2.75) is 20.8 Å². The second kappa shape index (κ2) is 6.58. The summed E-state index contributed by atoms with van der Waals surface area (Å²) in [6.07, 6.45) is 0. The lowest BCUT2D eigenvalue weighted by Gasteiger charge is -2.12. The number of hydrogen-bond donors (Lipinski definition) is 3. The average molecular weight is 313 g/mol. The van der Waals surface area contributed by atoms with Crippen LogP contribution >= 0.6 is 12.2 Å². The molecular weight excluding hydrogens is 294 g/mol. The standard InChI is InChI=1S/C17H19N3OS/c1-10-4-5-15(14(18)9-10)19-17(22)20-16(21)13-7-11(2)6-12(3)8-13/h4-9H,18H2,1-3H3,(H2,19,20,21,22). The van der Waals surface area contributed by atoms with Gasteiger partial charge < -0.3 is 11.1 Å². The van der Waals surface area contributed by atoms with Crippen molar-refractivity contribution in [3.8, 4) is 0 Å². The van der Waals surface area contributed by atoms with E-state index in [4.69, 9.17) is 18.0 Å². The number of hydrogen-bond acceptors (Lipinski definition) is 3. The van der Waals surface area contributed by atoms with Gasteiger partial charge in [0.1, 0.15) is 0 Å². The molecule has 2 aromatic carbocycles. The Morgan fingerprint density at radius 2 is 1.64 bits per heavy atom. The second-order valence-electron chi connectivity index (χ2n) is 5.38. The molecule has 0 aliphatic heterocycles. The molecular formula is C17H19N3OS. The van der Waals surface area contributed by atoms with Crippen molar-refractivity contribution in [1.82, 2.24) is 5.32 Å². The Bertz CT molecular complexity index is 720. The van der Waals surface area contributed by atoms with Crippen molar-refractivity contribution in [2.75, 3.05) is 11.1 Å². The molecule has 2 aromatic rings. The van der Waals surface area contributed by atoms with Crippen molar-refractivity contribution in [2.24, 2.45) is 0 Å². The highest BCUT2D eigenvalue weighted by Crippen LogP contribution is 2.19. The van der Waals surface area contributed by atoms with E-state index in [0.717, 1.165) is 16.7 Å². The Morgan fingerprint density at radius 3 is 2.23 bits per heavy atom. The molecule has 2 rings (SSSR count).